The second-order valence-electron chi connectivity index (χ2n) is 5.40. The molecule has 7 nitrogen and oxygen atoms in total. The Morgan fingerprint density at radius 2 is 2.26 bits per heavy atom. The molecule has 2 amide bonds. The lowest BCUT2D eigenvalue weighted by molar-refractivity contribution is -0.136. The Morgan fingerprint density at radius 3 is 2.74 bits per heavy atom. The van der Waals surface area contributed by atoms with Gasteiger partial charge < -0.3 is 21.2 Å². The molecule has 4 N–H and O–H groups in total. The lowest BCUT2D eigenvalue weighted by atomic mass is 9.67. The molecule has 1 aliphatic heterocycles. The monoisotopic (exact) mass is 268 g/mol. The molecule has 0 radical (unpaired) electrons. The molecule has 1 saturated carbocycles. The Hall–Kier alpha value is -1.79. The number of nitrogens with zero attached hydrogens (tertiary/aromatic N) is 2. The van der Waals surface area contributed by atoms with Crippen LogP contribution in [0.2, 0.25) is 0 Å². The van der Waals surface area contributed by atoms with E-state index in [9.17, 15) is 9.59 Å². The maximum absolute atomic E-state index is 12.3. The molecule has 7 heteroatoms. The van der Waals surface area contributed by atoms with Gasteiger partial charge in [0.15, 0.2) is 5.84 Å². The minimum Gasteiger partial charge on any atom is -0.409 e. The van der Waals surface area contributed by atoms with Crippen LogP contribution < -0.4 is 11.1 Å². The van der Waals surface area contributed by atoms with E-state index in [0.717, 1.165) is 6.42 Å². The molecule has 2 aliphatic rings. The average molecular weight is 268 g/mol. The number of rotatable bonds is 3. The Balaban J connectivity index is 1.99. The molecular weight excluding hydrogens is 248 g/mol. The molecule has 106 valence electrons. The summed E-state index contributed by atoms with van der Waals surface area (Å²) in [5, 5.41) is 14.7. The number of nitrogens with one attached hydrogen (secondary N) is 1. The van der Waals surface area contributed by atoms with Gasteiger partial charge in [0.2, 0.25) is 11.8 Å². The van der Waals surface area contributed by atoms with Gasteiger partial charge in [-0.15, -0.1) is 0 Å². The van der Waals surface area contributed by atoms with Crippen molar-refractivity contribution in [1.29, 1.82) is 0 Å². The first kappa shape index (κ1) is 13.6. The summed E-state index contributed by atoms with van der Waals surface area (Å²) in [7, 11) is 1.73. The summed E-state index contributed by atoms with van der Waals surface area (Å²) in [5.41, 5.74) is 4.79. The summed E-state index contributed by atoms with van der Waals surface area (Å²) in [6.45, 7) is 0.511. The summed E-state index contributed by atoms with van der Waals surface area (Å²) in [5.74, 6) is -0.112. The Kier molecular flexibility index (Phi) is 3.64. The van der Waals surface area contributed by atoms with Gasteiger partial charge in [-0.3, -0.25) is 9.59 Å². The molecule has 1 unspecified atom stereocenters. The predicted octanol–water partition coefficient (Wildman–Crippen LogP) is -0.360. The van der Waals surface area contributed by atoms with Crippen molar-refractivity contribution in [3.05, 3.63) is 0 Å². The minimum atomic E-state index is -0.852. The van der Waals surface area contributed by atoms with Gasteiger partial charge in [-0.25, -0.2) is 0 Å². The number of likely N-dealkylation sites (N-methyl/N-ethyl adjacent to an activating group) is 1. The van der Waals surface area contributed by atoms with Gasteiger partial charge in [-0.05, 0) is 19.3 Å². The van der Waals surface area contributed by atoms with Gasteiger partial charge >= 0.3 is 0 Å². The summed E-state index contributed by atoms with van der Waals surface area (Å²) >= 11 is 0. The van der Waals surface area contributed by atoms with Crippen LogP contribution in [0, 0.1) is 5.41 Å². The number of amidine groups is 1. The van der Waals surface area contributed by atoms with Gasteiger partial charge in [-0.2, -0.15) is 0 Å². The van der Waals surface area contributed by atoms with Gasteiger partial charge in [0, 0.05) is 26.1 Å². The minimum absolute atomic E-state index is 0.0171. The first-order valence-electron chi connectivity index (χ1n) is 6.52. The quantitative estimate of drug-likeness (QED) is 0.281. The normalized spacial score (nSPS) is 26.8. The van der Waals surface area contributed by atoms with Crippen molar-refractivity contribution in [3.63, 3.8) is 0 Å². The van der Waals surface area contributed by atoms with Crippen molar-refractivity contribution in [3.8, 4) is 0 Å². The van der Waals surface area contributed by atoms with Crippen LogP contribution in [0.15, 0.2) is 5.16 Å². The molecule has 0 aromatic carbocycles. The largest absolute Gasteiger partial charge is 0.409 e. The standard InChI is InChI=1S/C12H20N4O3/c1-16-7-8(3-4-9(16)17)14-11(18)12(5-2-6-12)10(13)15-19/h8,19H,2-7H2,1H3,(H2,13,15)(H,14,18). The lowest BCUT2D eigenvalue weighted by Gasteiger charge is -2.40. The Morgan fingerprint density at radius 1 is 1.58 bits per heavy atom. The average Bonchev–Trinajstić information content (AvgIpc) is 2.32. The fraction of sp³-hybridized carbons (Fsp3) is 0.750. The lowest BCUT2D eigenvalue weighted by Crippen LogP contribution is -2.58. The van der Waals surface area contributed by atoms with E-state index in [-0.39, 0.29) is 23.7 Å². The molecule has 1 heterocycles. The SMILES string of the molecule is CN1CC(NC(=O)C2(C(N)=NO)CCC2)CCC1=O. The summed E-state index contributed by atoms with van der Waals surface area (Å²) < 4.78 is 0. The number of oxime groups is 1. The fourth-order valence-electron chi connectivity index (χ4n) is 2.68. The second kappa shape index (κ2) is 5.07. The zero-order valence-corrected chi connectivity index (χ0v) is 11.1. The van der Waals surface area contributed by atoms with E-state index < -0.39 is 5.41 Å². The number of hydrogen-bond acceptors (Lipinski definition) is 4. The van der Waals surface area contributed by atoms with Crippen LogP contribution in [0.5, 0.6) is 0 Å². The van der Waals surface area contributed by atoms with Crippen LogP contribution >= 0.6 is 0 Å². The second-order valence-corrected chi connectivity index (χ2v) is 5.40. The van der Waals surface area contributed by atoms with E-state index in [1.54, 1.807) is 11.9 Å². The van der Waals surface area contributed by atoms with Crippen molar-refractivity contribution in [2.75, 3.05) is 13.6 Å². The summed E-state index contributed by atoms with van der Waals surface area (Å²) in [4.78, 5) is 25.3. The van der Waals surface area contributed by atoms with Gasteiger partial charge in [0.25, 0.3) is 0 Å². The number of likely N-dealkylation sites (tertiary alicyclic amines) is 1. The molecular formula is C12H20N4O3. The molecule has 0 aromatic heterocycles. The third-order valence-electron chi connectivity index (χ3n) is 4.20. The third-order valence-corrected chi connectivity index (χ3v) is 4.20. The number of carbonyl (C=O) groups excluding carboxylic acids is 2. The number of carbonyl (C=O) groups is 2. The van der Waals surface area contributed by atoms with Crippen molar-refractivity contribution in [2.45, 2.75) is 38.1 Å². The summed E-state index contributed by atoms with van der Waals surface area (Å²) in [6.07, 6.45) is 3.19. The highest BCUT2D eigenvalue weighted by Gasteiger charge is 2.49. The van der Waals surface area contributed by atoms with Crippen LogP contribution in [0.4, 0.5) is 0 Å². The van der Waals surface area contributed by atoms with Gasteiger partial charge in [-0.1, -0.05) is 11.6 Å². The fourth-order valence-corrected chi connectivity index (χ4v) is 2.68. The zero-order chi connectivity index (χ0) is 14.0. The Bertz CT molecular complexity index is 417. The predicted molar refractivity (Wildman–Crippen MR) is 68.5 cm³/mol. The number of nitrogens with two attached hydrogens (primary N) is 1. The van der Waals surface area contributed by atoms with Crippen molar-refractivity contribution < 1.29 is 14.8 Å². The molecule has 2 rings (SSSR count). The van der Waals surface area contributed by atoms with E-state index >= 15 is 0 Å². The van der Waals surface area contributed by atoms with E-state index in [2.05, 4.69) is 10.5 Å². The molecule has 0 aromatic rings. The zero-order valence-electron chi connectivity index (χ0n) is 11.1. The first-order chi connectivity index (χ1) is 8.99. The maximum atomic E-state index is 12.3. The maximum Gasteiger partial charge on any atom is 0.234 e. The van der Waals surface area contributed by atoms with Crippen LogP contribution in [0.3, 0.4) is 0 Å². The van der Waals surface area contributed by atoms with Crippen LogP contribution in [-0.2, 0) is 9.59 Å². The molecule has 1 atom stereocenters. The molecule has 0 spiro atoms. The van der Waals surface area contributed by atoms with E-state index in [4.69, 9.17) is 10.9 Å². The summed E-state index contributed by atoms with van der Waals surface area (Å²) in [6, 6.07) is -0.0563. The third kappa shape index (κ3) is 2.36. The highest BCUT2D eigenvalue weighted by atomic mass is 16.4. The van der Waals surface area contributed by atoms with Crippen LogP contribution in [0.25, 0.3) is 0 Å². The first-order valence-corrected chi connectivity index (χ1v) is 6.52. The van der Waals surface area contributed by atoms with Crippen molar-refractivity contribution in [2.24, 2.45) is 16.3 Å². The van der Waals surface area contributed by atoms with E-state index in [0.29, 0.717) is 32.2 Å². The smallest absolute Gasteiger partial charge is 0.234 e. The molecule has 1 saturated heterocycles. The van der Waals surface area contributed by atoms with E-state index in [1.165, 1.54) is 0 Å². The van der Waals surface area contributed by atoms with Gasteiger partial charge in [0.1, 0.15) is 5.41 Å². The van der Waals surface area contributed by atoms with Crippen LogP contribution in [0.1, 0.15) is 32.1 Å². The molecule has 19 heavy (non-hydrogen) atoms. The highest BCUT2D eigenvalue weighted by molar-refractivity contribution is 6.07. The van der Waals surface area contributed by atoms with Crippen LogP contribution in [-0.4, -0.2) is 47.4 Å². The molecule has 0 bridgehead atoms. The highest BCUT2D eigenvalue weighted by Crippen LogP contribution is 2.41. The van der Waals surface area contributed by atoms with Gasteiger partial charge in [0.05, 0.1) is 0 Å². The number of piperidine rings is 1. The topological polar surface area (TPSA) is 108 Å². The molecule has 2 fully saturated rings. The van der Waals surface area contributed by atoms with Crippen molar-refractivity contribution in [1.82, 2.24) is 10.2 Å². The van der Waals surface area contributed by atoms with Crippen molar-refractivity contribution >= 4 is 17.6 Å². The molecule has 1 aliphatic carbocycles. The number of amides is 2. The van der Waals surface area contributed by atoms with E-state index in [1.807, 2.05) is 0 Å². The number of hydrogen-bond donors (Lipinski definition) is 3. The Labute approximate surface area is 111 Å².